The number of carbonyl (C=O) groups is 1. The molecule has 0 aromatic heterocycles. The second-order valence-electron chi connectivity index (χ2n) is 12.5. The highest BCUT2D eigenvalue weighted by molar-refractivity contribution is 5.92. The lowest BCUT2D eigenvalue weighted by Gasteiger charge is -2.64. The molecule has 1 saturated heterocycles. The molecule has 5 aliphatic rings. The van der Waals surface area contributed by atoms with E-state index in [1.807, 2.05) is 31.2 Å². The van der Waals surface area contributed by atoms with Gasteiger partial charge >= 0.3 is 0 Å². The fourth-order valence-corrected chi connectivity index (χ4v) is 8.30. The fourth-order valence-electron chi connectivity index (χ4n) is 8.30. The average Bonchev–Trinajstić information content (AvgIpc) is 3.66. The molecule has 2 aromatic rings. The van der Waals surface area contributed by atoms with Gasteiger partial charge in [0.05, 0.1) is 28.0 Å². The standard InChI is InChI=1S/C31H35N3O6/c1-18-4-3-5-19(14-18)8-9-26(36)32(2)22-10-11-31(37)25-15-21-23(34(38)39)16-24(35)28-27(21)30(31,29(22)40-28)12-13-33(25)17-20-6-7-20/h3-5,8-9,14,16,20,22,25,29,35,37H,6-7,10-13,15,17H2,1-2H3/t22-,25+,29-,30-,31+/m0/s1. The summed E-state index contributed by atoms with van der Waals surface area (Å²) in [6.45, 7) is 3.63. The summed E-state index contributed by atoms with van der Waals surface area (Å²) in [5.74, 6) is 0.394. The van der Waals surface area contributed by atoms with Gasteiger partial charge in [-0.15, -0.1) is 0 Å². The number of likely N-dealkylation sites (tertiary alicyclic amines) is 1. The van der Waals surface area contributed by atoms with Crippen LogP contribution in [0.3, 0.4) is 0 Å². The molecule has 1 amide bonds. The Balaban J connectivity index is 1.30. The summed E-state index contributed by atoms with van der Waals surface area (Å²) >= 11 is 0. The van der Waals surface area contributed by atoms with Gasteiger partial charge in [-0.05, 0) is 69.6 Å². The molecule has 2 aliphatic heterocycles. The molecule has 7 rings (SSSR count). The normalized spacial score (nSPS) is 32.0. The van der Waals surface area contributed by atoms with Crippen molar-refractivity contribution in [1.82, 2.24) is 9.80 Å². The third-order valence-corrected chi connectivity index (χ3v) is 10.3. The van der Waals surface area contributed by atoms with Gasteiger partial charge in [0.15, 0.2) is 11.5 Å². The van der Waals surface area contributed by atoms with Crippen molar-refractivity contribution in [2.45, 2.75) is 74.7 Å². The van der Waals surface area contributed by atoms with Crippen LogP contribution < -0.4 is 4.74 Å². The van der Waals surface area contributed by atoms with Gasteiger partial charge in [-0.3, -0.25) is 19.8 Å². The van der Waals surface area contributed by atoms with Crippen LogP contribution in [-0.4, -0.2) is 74.8 Å². The number of aryl methyl sites for hydroxylation is 1. The number of hydrogen-bond donors (Lipinski definition) is 2. The number of likely N-dealkylation sites (N-methyl/N-ethyl adjacent to an activating group) is 1. The second kappa shape index (κ2) is 8.78. The molecule has 2 saturated carbocycles. The van der Waals surface area contributed by atoms with Gasteiger partial charge in [0.1, 0.15) is 6.10 Å². The van der Waals surface area contributed by atoms with Crippen LogP contribution >= 0.6 is 0 Å². The van der Waals surface area contributed by atoms with E-state index < -0.39 is 22.0 Å². The maximum atomic E-state index is 13.4. The molecular weight excluding hydrogens is 510 g/mol. The highest BCUT2D eigenvalue weighted by atomic mass is 16.6. The van der Waals surface area contributed by atoms with Crippen LogP contribution in [0.25, 0.3) is 6.08 Å². The first-order chi connectivity index (χ1) is 19.1. The lowest BCUT2D eigenvalue weighted by molar-refractivity contribution is -0.386. The van der Waals surface area contributed by atoms with Crippen LogP contribution in [0.1, 0.15) is 54.4 Å². The van der Waals surface area contributed by atoms with E-state index in [0.29, 0.717) is 42.7 Å². The molecule has 5 atom stereocenters. The molecule has 9 heteroatoms. The highest BCUT2D eigenvalue weighted by Gasteiger charge is 2.74. The number of benzene rings is 2. The van der Waals surface area contributed by atoms with Crippen LogP contribution in [-0.2, 0) is 16.6 Å². The van der Waals surface area contributed by atoms with E-state index in [-0.39, 0.29) is 35.2 Å². The van der Waals surface area contributed by atoms with Gasteiger partial charge in [-0.2, -0.15) is 0 Å². The quantitative estimate of drug-likeness (QED) is 0.323. The Morgan fingerprint density at radius 1 is 1.27 bits per heavy atom. The van der Waals surface area contributed by atoms with Crippen molar-refractivity contribution in [2.75, 3.05) is 20.1 Å². The molecule has 1 spiro atoms. The van der Waals surface area contributed by atoms with Crippen LogP contribution in [0.4, 0.5) is 5.69 Å². The SMILES string of the molecule is Cc1cccc(C=CC(=O)N(C)[C@H]2CC[C@@]3(O)[C@H]4Cc5c([N+](=O)[O-])cc(O)c6c5[C@@]3(CCN4CC3CC3)[C@H]2O6)c1. The second-order valence-corrected chi connectivity index (χ2v) is 12.5. The van der Waals surface area contributed by atoms with Crippen LogP contribution in [0.2, 0.25) is 0 Å². The van der Waals surface area contributed by atoms with E-state index in [9.17, 15) is 25.1 Å². The predicted octanol–water partition coefficient (Wildman–Crippen LogP) is 3.71. The van der Waals surface area contributed by atoms with Crippen molar-refractivity contribution in [3.05, 3.63) is 68.8 Å². The molecule has 2 bridgehead atoms. The van der Waals surface area contributed by atoms with E-state index in [4.69, 9.17) is 4.74 Å². The van der Waals surface area contributed by atoms with Crippen LogP contribution in [0.5, 0.6) is 11.5 Å². The van der Waals surface area contributed by atoms with E-state index in [1.54, 1.807) is 24.1 Å². The van der Waals surface area contributed by atoms with E-state index in [2.05, 4.69) is 4.90 Å². The Hall–Kier alpha value is -3.43. The molecule has 0 unspecified atom stereocenters. The minimum absolute atomic E-state index is 0.118. The van der Waals surface area contributed by atoms with Crippen molar-refractivity contribution < 1.29 is 24.7 Å². The van der Waals surface area contributed by atoms with Gasteiger partial charge < -0.3 is 19.8 Å². The number of nitrogens with zero attached hydrogens (tertiary/aromatic N) is 3. The predicted molar refractivity (Wildman–Crippen MR) is 148 cm³/mol. The number of amides is 1. The number of rotatable bonds is 6. The monoisotopic (exact) mass is 545 g/mol. The lowest BCUT2D eigenvalue weighted by atomic mass is 9.48. The van der Waals surface area contributed by atoms with Crippen molar-refractivity contribution >= 4 is 17.7 Å². The van der Waals surface area contributed by atoms with Gasteiger partial charge in [-0.25, -0.2) is 0 Å². The number of phenolic OH excluding ortho intramolecular Hbond substituents is 1. The highest BCUT2D eigenvalue weighted by Crippen LogP contribution is 2.67. The van der Waals surface area contributed by atoms with Gasteiger partial charge in [0, 0.05) is 36.8 Å². The molecule has 2 aromatic carbocycles. The molecule has 0 radical (unpaired) electrons. The number of phenols is 1. The van der Waals surface area contributed by atoms with Crippen molar-refractivity contribution in [3.63, 3.8) is 0 Å². The first-order valence-corrected chi connectivity index (χ1v) is 14.3. The molecule has 3 aliphatic carbocycles. The summed E-state index contributed by atoms with van der Waals surface area (Å²) in [5.41, 5.74) is 0.954. The molecular formula is C31H35N3O6. The van der Waals surface area contributed by atoms with Crippen LogP contribution in [0, 0.1) is 23.0 Å². The Morgan fingerprint density at radius 3 is 2.80 bits per heavy atom. The fraction of sp³-hybridized carbons (Fsp3) is 0.516. The van der Waals surface area contributed by atoms with Crippen LogP contribution in [0.15, 0.2) is 36.4 Å². The number of aliphatic hydroxyl groups is 1. The van der Waals surface area contributed by atoms with Crippen molar-refractivity contribution in [1.29, 1.82) is 0 Å². The maximum Gasteiger partial charge on any atom is 0.276 e. The van der Waals surface area contributed by atoms with E-state index in [0.717, 1.165) is 24.2 Å². The number of carbonyl (C=O) groups excluding carboxylic acids is 1. The zero-order valence-corrected chi connectivity index (χ0v) is 22.9. The first-order valence-electron chi connectivity index (χ1n) is 14.3. The minimum atomic E-state index is -1.18. The Labute approximate surface area is 233 Å². The number of hydrogen-bond acceptors (Lipinski definition) is 7. The smallest absolute Gasteiger partial charge is 0.276 e. The Kier molecular flexibility index (Phi) is 5.61. The first kappa shape index (κ1) is 25.5. The van der Waals surface area contributed by atoms with Crippen molar-refractivity contribution in [2.24, 2.45) is 5.92 Å². The number of aromatic hydroxyl groups is 1. The molecule has 3 fully saturated rings. The van der Waals surface area contributed by atoms with Gasteiger partial charge in [-0.1, -0.05) is 29.8 Å². The topological polar surface area (TPSA) is 116 Å². The number of ether oxygens (including phenoxy) is 1. The minimum Gasteiger partial charge on any atom is -0.504 e. The third kappa shape index (κ3) is 3.50. The summed E-state index contributed by atoms with van der Waals surface area (Å²) < 4.78 is 6.53. The summed E-state index contributed by atoms with van der Waals surface area (Å²) in [5, 5.41) is 35.8. The number of piperidine rings is 1. The maximum absolute atomic E-state index is 13.4. The molecule has 2 heterocycles. The number of nitro groups is 1. The Morgan fingerprint density at radius 2 is 2.08 bits per heavy atom. The molecule has 9 nitrogen and oxygen atoms in total. The summed E-state index contributed by atoms with van der Waals surface area (Å²) in [6, 6.07) is 8.45. The van der Waals surface area contributed by atoms with Crippen molar-refractivity contribution in [3.8, 4) is 11.5 Å². The zero-order valence-electron chi connectivity index (χ0n) is 22.9. The lowest BCUT2D eigenvalue weighted by Crippen LogP contribution is -2.78. The molecule has 40 heavy (non-hydrogen) atoms. The Bertz CT molecular complexity index is 1450. The third-order valence-electron chi connectivity index (χ3n) is 10.3. The number of nitro benzene ring substituents is 1. The average molecular weight is 546 g/mol. The van der Waals surface area contributed by atoms with Gasteiger partial charge in [0.2, 0.25) is 5.91 Å². The van der Waals surface area contributed by atoms with E-state index >= 15 is 0 Å². The summed E-state index contributed by atoms with van der Waals surface area (Å²) in [6.07, 6.45) is 6.97. The summed E-state index contributed by atoms with van der Waals surface area (Å²) in [7, 11) is 1.76. The summed E-state index contributed by atoms with van der Waals surface area (Å²) in [4.78, 5) is 29.2. The van der Waals surface area contributed by atoms with E-state index in [1.165, 1.54) is 18.9 Å². The zero-order chi connectivity index (χ0) is 28.0. The largest absolute Gasteiger partial charge is 0.504 e. The van der Waals surface area contributed by atoms with Gasteiger partial charge in [0.25, 0.3) is 5.69 Å². The molecule has 2 N–H and O–H groups in total. The molecule has 210 valence electrons.